The summed E-state index contributed by atoms with van der Waals surface area (Å²) in [4.78, 5) is 12.5. The van der Waals surface area contributed by atoms with Gasteiger partial charge in [0.2, 0.25) is 0 Å². The highest BCUT2D eigenvalue weighted by molar-refractivity contribution is 5.94. The Morgan fingerprint density at radius 2 is 1.59 bits per heavy atom. The maximum atomic E-state index is 12.5. The molecule has 1 amide bonds. The molecule has 0 fully saturated rings. The van der Waals surface area contributed by atoms with Gasteiger partial charge >= 0.3 is 0 Å². The molecule has 0 aliphatic heterocycles. The molecule has 0 aromatic heterocycles. The molecule has 2 aromatic carbocycles. The number of hydrogen-bond donors (Lipinski definition) is 1. The summed E-state index contributed by atoms with van der Waals surface area (Å²) in [5.74, 6) is 0.320. The van der Waals surface area contributed by atoms with Crippen molar-refractivity contribution in [2.75, 3.05) is 0 Å². The zero-order valence-electron chi connectivity index (χ0n) is 13.9. The molecule has 1 atom stereocenters. The first kappa shape index (κ1) is 16.3. The Labute approximate surface area is 133 Å². The Morgan fingerprint density at radius 3 is 2.09 bits per heavy atom. The minimum absolute atomic E-state index is 0.0155. The van der Waals surface area contributed by atoms with Crippen molar-refractivity contribution in [2.24, 2.45) is 5.92 Å². The van der Waals surface area contributed by atoms with Crippen molar-refractivity contribution in [3.63, 3.8) is 0 Å². The van der Waals surface area contributed by atoms with Crippen LogP contribution in [0.3, 0.4) is 0 Å². The molecular formula is C20H25NO. The third-order valence-corrected chi connectivity index (χ3v) is 4.01. The van der Waals surface area contributed by atoms with Gasteiger partial charge in [-0.3, -0.25) is 4.79 Å². The summed E-state index contributed by atoms with van der Waals surface area (Å²) in [6.07, 6.45) is 1.03. The molecule has 0 aliphatic rings. The van der Waals surface area contributed by atoms with Crippen molar-refractivity contribution in [1.29, 1.82) is 0 Å². The summed E-state index contributed by atoms with van der Waals surface area (Å²) in [5.41, 5.74) is 4.34. The van der Waals surface area contributed by atoms with E-state index in [1.807, 2.05) is 31.2 Å². The van der Waals surface area contributed by atoms with Crippen LogP contribution in [-0.4, -0.2) is 5.91 Å². The van der Waals surface area contributed by atoms with Crippen LogP contribution in [0.1, 0.15) is 53.9 Å². The van der Waals surface area contributed by atoms with Crippen LogP contribution in [0, 0.1) is 12.8 Å². The molecule has 0 aliphatic carbocycles. The number of rotatable bonds is 5. The highest BCUT2D eigenvalue weighted by atomic mass is 16.1. The second-order valence-electron chi connectivity index (χ2n) is 6.16. The maximum Gasteiger partial charge on any atom is 0.251 e. The van der Waals surface area contributed by atoms with Crippen LogP contribution >= 0.6 is 0 Å². The molecule has 116 valence electrons. The van der Waals surface area contributed by atoms with Gasteiger partial charge in [0.05, 0.1) is 6.04 Å². The summed E-state index contributed by atoms with van der Waals surface area (Å²) in [5, 5.41) is 3.17. The molecule has 2 rings (SSSR count). The van der Waals surface area contributed by atoms with Gasteiger partial charge in [-0.15, -0.1) is 0 Å². The van der Waals surface area contributed by atoms with Gasteiger partial charge in [-0.25, -0.2) is 0 Å². The van der Waals surface area contributed by atoms with Crippen molar-refractivity contribution in [2.45, 2.75) is 40.2 Å². The SMILES string of the molecule is CCc1ccc([C@@H](NC(=O)c2ccc(C)cc2)C(C)C)cc1. The predicted molar refractivity (Wildman–Crippen MR) is 92.0 cm³/mol. The van der Waals surface area contributed by atoms with E-state index in [4.69, 9.17) is 0 Å². The number of amides is 1. The van der Waals surface area contributed by atoms with E-state index in [-0.39, 0.29) is 11.9 Å². The second-order valence-corrected chi connectivity index (χ2v) is 6.16. The van der Waals surface area contributed by atoms with E-state index in [1.165, 1.54) is 5.56 Å². The molecule has 0 heterocycles. The molecule has 0 radical (unpaired) electrons. The first-order valence-corrected chi connectivity index (χ1v) is 7.97. The van der Waals surface area contributed by atoms with Crippen molar-refractivity contribution in [1.82, 2.24) is 5.32 Å². The summed E-state index contributed by atoms with van der Waals surface area (Å²) >= 11 is 0. The summed E-state index contributed by atoms with van der Waals surface area (Å²) in [7, 11) is 0. The molecule has 2 heteroatoms. The average Bonchev–Trinajstić information content (AvgIpc) is 2.53. The van der Waals surface area contributed by atoms with Crippen LogP contribution in [-0.2, 0) is 6.42 Å². The van der Waals surface area contributed by atoms with Gasteiger partial charge < -0.3 is 5.32 Å². The Hall–Kier alpha value is -2.09. The second kappa shape index (κ2) is 7.26. The lowest BCUT2D eigenvalue weighted by atomic mass is 9.94. The zero-order valence-corrected chi connectivity index (χ0v) is 13.9. The number of aryl methyl sites for hydroxylation is 2. The first-order chi connectivity index (χ1) is 10.5. The van der Waals surface area contributed by atoms with Crippen LogP contribution < -0.4 is 5.32 Å². The van der Waals surface area contributed by atoms with Crippen molar-refractivity contribution >= 4 is 5.91 Å². The fourth-order valence-corrected chi connectivity index (χ4v) is 2.53. The molecule has 1 N–H and O–H groups in total. The predicted octanol–water partition coefficient (Wildman–Crippen LogP) is 4.68. The Morgan fingerprint density at radius 1 is 1.00 bits per heavy atom. The lowest BCUT2D eigenvalue weighted by Crippen LogP contribution is -2.31. The zero-order chi connectivity index (χ0) is 16.1. The Kier molecular flexibility index (Phi) is 5.37. The number of hydrogen-bond acceptors (Lipinski definition) is 1. The van der Waals surface area contributed by atoms with E-state index in [1.54, 1.807) is 0 Å². The third kappa shape index (κ3) is 3.97. The summed E-state index contributed by atoms with van der Waals surface area (Å²) in [6.45, 7) is 8.43. The molecule has 0 unspecified atom stereocenters. The minimum atomic E-state index is -0.0155. The minimum Gasteiger partial charge on any atom is -0.345 e. The van der Waals surface area contributed by atoms with Gasteiger partial charge in [0, 0.05) is 5.56 Å². The largest absolute Gasteiger partial charge is 0.345 e. The fraction of sp³-hybridized carbons (Fsp3) is 0.350. The van der Waals surface area contributed by atoms with Crippen LogP contribution in [0.4, 0.5) is 0 Å². The van der Waals surface area contributed by atoms with Crippen molar-refractivity contribution < 1.29 is 4.79 Å². The molecule has 22 heavy (non-hydrogen) atoms. The highest BCUT2D eigenvalue weighted by Crippen LogP contribution is 2.23. The quantitative estimate of drug-likeness (QED) is 0.852. The number of nitrogens with one attached hydrogen (secondary N) is 1. The van der Waals surface area contributed by atoms with Crippen LogP contribution in [0.5, 0.6) is 0 Å². The first-order valence-electron chi connectivity index (χ1n) is 7.97. The topological polar surface area (TPSA) is 29.1 Å². The monoisotopic (exact) mass is 295 g/mol. The van der Waals surface area contributed by atoms with Gasteiger partial charge in [-0.05, 0) is 42.5 Å². The third-order valence-electron chi connectivity index (χ3n) is 4.01. The van der Waals surface area contributed by atoms with Crippen LogP contribution in [0.15, 0.2) is 48.5 Å². The maximum absolute atomic E-state index is 12.5. The van der Waals surface area contributed by atoms with Crippen LogP contribution in [0.25, 0.3) is 0 Å². The molecule has 2 nitrogen and oxygen atoms in total. The number of carbonyl (C=O) groups is 1. The summed E-state index contributed by atoms with van der Waals surface area (Å²) in [6, 6.07) is 16.2. The van der Waals surface area contributed by atoms with Crippen molar-refractivity contribution in [3.05, 3.63) is 70.8 Å². The lowest BCUT2D eigenvalue weighted by Gasteiger charge is -2.23. The lowest BCUT2D eigenvalue weighted by molar-refractivity contribution is 0.0925. The Balaban J connectivity index is 2.17. The molecule has 0 saturated heterocycles. The normalized spacial score (nSPS) is 12.2. The van der Waals surface area contributed by atoms with E-state index < -0.39 is 0 Å². The fourth-order valence-electron chi connectivity index (χ4n) is 2.53. The average molecular weight is 295 g/mol. The Bertz CT molecular complexity index is 611. The molecule has 0 bridgehead atoms. The van der Waals surface area contributed by atoms with E-state index in [2.05, 4.69) is 50.4 Å². The van der Waals surface area contributed by atoms with Gasteiger partial charge in [-0.1, -0.05) is 62.7 Å². The molecular weight excluding hydrogens is 270 g/mol. The van der Waals surface area contributed by atoms with Gasteiger partial charge in [0.25, 0.3) is 5.91 Å². The van der Waals surface area contributed by atoms with Crippen molar-refractivity contribution in [3.8, 4) is 0 Å². The van der Waals surface area contributed by atoms with E-state index in [9.17, 15) is 4.79 Å². The van der Waals surface area contributed by atoms with Gasteiger partial charge in [0.1, 0.15) is 0 Å². The highest BCUT2D eigenvalue weighted by Gasteiger charge is 2.19. The van der Waals surface area contributed by atoms with E-state index in [0.29, 0.717) is 11.5 Å². The van der Waals surface area contributed by atoms with Crippen LogP contribution in [0.2, 0.25) is 0 Å². The van der Waals surface area contributed by atoms with E-state index in [0.717, 1.165) is 17.5 Å². The molecule has 0 spiro atoms. The smallest absolute Gasteiger partial charge is 0.251 e. The number of carbonyl (C=O) groups excluding carboxylic acids is 1. The molecule has 2 aromatic rings. The number of benzene rings is 2. The molecule has 0 saturated carbocycles. The van der Waals surface area contributed by atoms with E-state index >= 15 is 0 Å². The van der Waals surface area contributed by atoms with Gasteiger partial charge in [0.15, 0.2) is 0 Å². The summed E-state index contributed by atoms with van der Waals surface area (Å²) < 4.78 is 0. The standard InChI is InChI=1S/C20H25NO/c1-5-16-8-12-17(13-9-16)19(14(2)3)21-20(22)18-10-6-15(4)7-11-18/h6-14,19H,5H2,1-4H3,(H,21,22)/t19-/m0/s1. The van der Waals surface area contributed by atoms with Gasteiger partial charge in [-0.2, -0.15) is 0 Å².